The maximum Gasteiger partial charge on any atom is 0.247 e. The van der Waals surface area contributed by atoms with E-state index in [9.17, 15) is 19.2 Å². The zero-order valence-corrected chi connectivity index (χ0v) is 23.1. The monoisotopic (exact) mass is 560 g/mol. The molecule has 8 nitrogen and oxygen atoms in total. The Kier molecular flexibility index (Phi) is 9.69. The maximum atomic E-state index is 13.6. The highest BCUT2D eigenvalue weighted by atomic mass is 35.5. The molecule has 0 fully saturated rings. The van der Waals surface area contributed by atoms with Crippen LogP contribution in [0.2, 0.25) is 5.02 Å². The molecule has 3 amide bonds. The Hall–Kier alpha value is -4.01. The van der Waals surface area contributed by atoms with Gasteiger partial charge in [0.2, 0.25) is 17.7 Å². The molecule has 1 aliphatic heterocycles. The molecule has 0 unspecified atom stereocenters. The SMILES string of the molecule is Cc1ccc(NC(=O)[C@H](CCN)NC(=O)[C@@H]2Cc3ccccc3CN2C(=O)CCC(=O)c2ccccc2)c(Cl)c1. The van der Waals surface area contributed by atoms with Crippen molar-refractivity contribution in [2.45, 2.75) is 51.2 Å². The third-order valence-electron chi connectivity index (χ3n) is 7.00. The molecule has 40 heavy (non-hydrogen) atoms. The number of hydrogen-bond donors (Lipinski definition) is 3. The number of aryl methyl sites for hydroxylation is 1. The first kappa shape index (κ1) is 29.0. The molecule has 3 aromatic carbocycles. The predicted molar refractivity (Wildman–Crippen MR) is 155 cm³/mol. The van der Waals surface area contributed by atoms with Gasteiger partial charge in [-0.1, -0.05) is 72.3 Å². The number of carbonyl (C=O) groups excluding carboxylic acids is 4. The van der Waals surface area contributed by atoms with Gasteiger partial charge in [-0.25, -0.2) is 0 Å². The van der Waals surface area contributed by atoms with E-state index in [0.717, 1.165) is 16.7 Å². The summed E-state index contributed by atoms with van der Waals surface area (Å²) in [5.41, 5.74) is 9.58. The van der Waals surface area contributed by atoms with Gasteiger partial charge < -0.3 is 21.3 Å². The fourth-order valence-corrected chi connectivity index (χ4v) is 5.08. The van der Waals surface area contributed by atoms with E-state index in [4.69, 9.17) is 17.3 Å². The number of nitrogens with one attached hydrogen (secondary N) is 2. The summed E-state index contributed by atoms with van der Waals surface area (Å²) >= 11 is 6.28. The second kappa shape index (κ2) is 13.4. The van der Waals surface area contributed by atoms with Gasteiger partial charge >= 0.3 is 0 Å². The molecule has 4 rings (SSSR count). The van der Waals surface area contributed by atoms with Crippen molar-refractivity contribution in [1.82, 2.24) is 10.2 Å². The summed E-state index contributed by atoms with van der Waals surface area (Å²) in [6.07, 6.45) is 0.494. The van der Waals surface area contributed by atoms with Crippen LogP contribution in [0.1, 0.15) is 46.3 Å². The number of rotatable bonds is 10. The molecule has 1 heterocycles. The van der Waals surface area contributed by atoms with Crippen LogP contribution in [0.5, 0.6) is 0 Å². The highest BCUT2D eigenvalue weighted by molar-refractivity contribution is 6.33. The van der Waals surface area contributed by atoms with Crippen molar-refractivity contribution >= 4 is 40.8 Å². The molecule has 0 aliphatic carbocycles. The zero-order valence-electron chi connectivity index (χ0n) is 22.4. The van der Waals surface area contributed by atoms with Gasteiger partial charge in [-0.05, 0) is 48.7 Å². The molecule has 0 radical (unpaired) electrons. The first-order valence-corrected chi connectivity index (χ1v) is 13.7. The van der Waals surface area contributed by atoms with E-state index in [-0.39, 0.29) is 44.0 Å². The van der Waals surface area contributed by atoms with Gasteiger partial charge in [0.1, 0.15) is 12.1 Å². The highest BCUT2D eigenvalue weighted by Gasteiger charge is 2.36. The molecule has 208 valence electrons. The van der Waals surface area contributed by atoms with Crippen LogP contribution in [0.15, 0.2) is 72.8 Å². The smallest absolute Gasteiger partial charge is 0.247 e. The number of benzene rings is 3. The Labute approximate surface area is 238 Å². The van der Waals surface area contributed by atoms with Crippen LogP contribution in [0.3, 0.4) is 0 Å². The first-order valence-electron chi connectivity index (χ1n) is 13.3. The van der Waals surface area contributed by atoms with E-state index in [1.54, 1.807) is 36.4 Å². The van der Waals surface area contributed by atoms with Crippen LogP contribution in [0, 0.1) is 6.92 Å². The number of hydrogen-bond acceptors (Lipinski definition) is 5. The Bertz CT molecular complexity index is 1400. The Morgan fingerprint density at radius 2 is 1.68 bits per heavy atom. The van der Waals surface area contributed by atoms with Crippen molar-refractivity contribution < 1.29 is 19.2 Å². The molecule has 4 N–H and O–H groups in total. The van der Waals surface area contributed by atoms with Gasteiger partial charge in [0.25, 0.3) is 0 Å². The number of halogens is 1. The second-order valence-electron chi connectivity index (χ2n) is 9.91. The number of Topliss-reactive ketones (excluding diaryl/α,β-unsaturated/α-hetero) is 1. The van der Waals surface area contributed by atoms with Crippen molar-refractivity contribution in [3.8, 4) is 0 Å². The van der Waals surface area contributed by atoms with E-state index in [0.29, 0.717) is 22.7 Å². The van der Waals surface area contributed by atoms with Crippen LogP contribution >= 0.6 is 11.6 Å². The summed E-state index contributed by atoms with van der Waals surface area (Å²) in [4.78, 5) is 54.3. The van der Waals surface area contributed by atoms with E-state index in [1.807, 2.05) is 43.3 Å². The average Bonchev–Trinajstić information content (AvgIpc) is 2.96. The van der Waals surface area contributed by atoms with Gasteiger partial charge in [0.15, 0.2) is 5.78 Å². The number of ketones is 1. The molecule has 0 saturated carbocycles. The number of fused-ring (bicyclic) bond motifs is 1. The first-order chi connectivity index (χ1) is 19.3. The standard InChI is InChI=1S/C31H33ClN4O4/c1-20-11-12-25(24(32)17-20)34-30(39)26(15-16-33)35-31(40)27-18-22-9-5-6-10-23(22)19-36(27)29(38)14-13-28(37)21-7-3-2-4-8-21/h2-12,17,26-27H,13-16,18-19,33H2,1H3,(H,34,39)(H,35,40)/t26-,27-/m0/s1. The third-order valence-corrected chi connectivity index (χ3v) is 7.32. The Morgan fingerprint density at radius 3 is 2.38 bits per heavy atom. The van der Waals surface area contributed by atoms with E-state index < -0.39 is 23.9 Å². The zero-order chi connectivity index (χ0) is 28.6. The summed E-state index contributed by atoms with van der Waals surface area (Å²) in [6.45, 7) is 2.29. The van der Waals surface area contributed by atoms with Crippen molar-refractivity contribution in [3.63, 3.8) is 0 Å². The quantitative estimate of drug-likeness (QED) is 0.323. The fraction of sp³-hybridized carbons (Fsp3) is 0.290. The van der Waals surface area contributed by atoms with E-state index in [2.05, 4.69) is 10.6 Å². The molecule has 3 aromatic rings. The molecule has 9 heteroatoms. The number of carbonyl (C=O) groups is 4. The molecule has 0 saturated heterocycles. The van der Waals surface area contributed by atoms with Crippen molar-refractivity contribution in [2.75, 3.05) is 11.9 Å². The minimum Gasteiger partial charge on any atom is -0.342 e. The number of anilines is 1. The van der Waals surface area contributed by atoms with Crippen LogP contribution < -0.4 is 16.4 Å². The molecular formula is C31H33ClN4O4. The summed E-state index contributed by atoms with van der Waals surface area (Å²) in [6, 6.07) is 19.9. The van der Waals surface area contributed by atoms with Gasteiger partial charge in [-0.2, -0.15) is 0 Å². The minimum absolute atomic E-state index is 0.0295. The largest absolute Gasteiger partial charge is 0.342 e. The van der Waals surface area contributed by atoms with Crippen LogP contribution in [0.25, 0.3) is 0 Å². The van der Waals surface area contributed by atoms with Crippen LogP contribution in [0.4, 0.5) is 5.69 Å². The minimum atomic E-state index is -0.927. The molecule has 2 atom stereocenters. The summed E-state index contributed by atoms with van der Waals surface area (Å²) in [7, 11) is 0. The lowest BCUT2D eigenvalue weighted by Crippen LogP contribution is -2.56. The lowest BCUT2D eigenvalue weighted by molar-refractivity contribution is -0.142. The summed E-state index contributed by atoms with van der Waals surface area (Å²) < 4.78 is 0. The van der Waals surface area contributed by atoms with Gasteiger partial charge in [0, 0.05) is 31.4 Å². The summed E-state index contributed by atoms with van der Waals surface area (Å²) in [5, 5.41) is 5.97. The Morgan fingerprint density at radius 1 is 0.975 bits per heavy atom. The summed E-state index contributed by atoms with van der Waals surface area (Å²) in [5.74, 6) is -1.35. The number of nitrogens with zero attached hydrogens (tertiary/aromatic N) is 1. The normalized spacial score (nSPS) is 15.1. The molecule has 1 aliphatic rings. The van der Waals surface area contributed by atoms with Crippen molar-refractivity contribution in [2.24, 2.45) is 5.73 Å². The predicted octanol–water partition coefficient (Wildman–Crippen LogP) is 4.04. The molecule has 0 bridgehead atoms. The van der Waals surface area contributed by atoms with Crippen molar-refractivity contribution in [3.05, 3.63) is 100 Å². The number of nitrogens with two attached hydrogens (primary N) is 1. The van der Waals surface area contributed by atoms with Gasteiger partial charge in [0.05, 0.1) is 10.7 Å². The number of amides is 3. The molecule has 0 spiro atoms. The average molecular weight is 561 g/mol. The molecular weight excluding hydrogens is 528 g/mol. The highest BCUT2D eigenvalue weighted by Crippen LogP contribution is 2.26. The second-order valence-corrected chi connectivity index (χ2v) is 10.3. The topological polar surface area (TPSA) is 122 Å². The third kappa shape index (κ3) is 7.14. The lowest BCUT2D eigenvalue weighted by atomic mass is 9.92. The van der Waals surface area contributed by atoms with Crippen LogP contribution in [-0.2, 0) is 27.3 Å². The van der Waals surface area contributed by atoms with Crippen LogP contribution in [-0.4, -0.2) is 47.0 Å². The van der Waals surface area contributed by atoms with Gasteiger partial charge in [-0.3, -0.25) is 19.2 Å². The maximum absolute atomic E-state index is 13.6. The Balaban J connectivity index is 1.49. The fourth-order valence-electron chi connectivity index (χ4n) is 4.80. The van der Waals surface area contributed by atoms with E-state index in [1.165, 1.54) is 4.90 Å². The lowest BCUT2D eigenvalue weighted by Gasteiger charge is -2.36. The van der Waals surface area contributed by atoms with Gasteiger partial charge in [-0.15, -0.1) is 0 Å². The molecule has 0 aromatic heterocycles. The van der Waals surface area contributed by atoms with Crippen molar-refractivity contribution in [1.29, 1.82) is 0 Å². The van der Waals surface area contributed by atoms with E-state index >= 15 is 0 Å².